The summed E-state index contributed by atoms with van der Waals surface area (Å²) >= 11 is 0. The van der Waals surface area contributed by atoms with Gasteiger partial charge in [-0.25, -0.2) is 4.79 Å². The van der Waals surface area contributed by atoms with Crippen molar-refractivity contribution >= 4 is 6.03 Å². The van der Waals surface area contributed by atoms with Crippen LogP contribution in [0.2, 0.25) is 0 Å². The first-order valence-corrected chi connectivity index (χ1v) is 6.85. The molecule has 2 N–H and O–H groups in total. The van der Waals surface area contributed by atoms with Gasteiger partial charge in [0.25, 0.3) is 0 Å². The van der Waals surface area contributed by atoms with Crippen molar-refractivity contribution in [1.29, 1.82) is 0 Å². The van der Waals surface area contributed by atoms with Gasteiger partial charge in [-0.2, -0.15) is 0 Å². The van der Waals surface area contributed by atoms with Gasteiger partial charge in [0, 0.05) is 20.1 Å². The lowest BCUT2D eigenvalue weighted by atomic mass is 9.96. The molecule has 0 aliphatic carbocycles. The number of terminal acetylenes is 1. The Bertz CT molecular complexity index is 317. The Hall–Kier alpha value is -1.25. The molecule has 2 amide bonds. The number of nitrogens with one attached hydrogen (secondary N) is 1. The maximum Gasteiger partial charge on any atom is 0.317 e. The SMILES string of the molecule is C#CCNC(=O)N(C)CC1CCN(C[C@@H](C)O)CC1. The molecular formula is C14H25N3O2. The van der Waals surface area contributed by atoms with E-state index < -0.39 is 0 Å². The number of carbonyl (C=O) groups is 1. The summed E-state index contributed by atoms with van der Waals surface area (Å²) in [6, 6.07) is -0.107. The number of hydrogen-bond donors (Lipinski definition) is 2. The Morgan fingerprint density at radius 1 is 1.58 bits per heavy atom. The first-order chi connectivity index (χ1) is 9.02. The number of aliphatic hydroxyl groups is 1. The zero-order valence-electron chi connectivity index (χ0n) is 11.9. The summed E-state index contributed by atoms with van der Waals surface area (Å²) in [5.74, 6) is 2.93. The highest BCUT2D eigenvalue weighted by Gasteiger charge is 2.22. The second kappa shape index (κ2) is 8.03. The number of nitrogens with zero attached hydrogens (tertiary/aromatic N) is 2. The maximum atomic E-state index is 11.7. The van der Waals surface area contributed by atoms with Crippen molar-refractivity contribution in [3.63, 3.8) is 0 Å². The molecule has 0 bridgehead atoms. The quantitative estimate of drug-likeness (QED) is 0.707. The van der Waals surface area contributed by atoms with Crippen molar-refractivity contribution in [2.24, 2.45) is 5.92 Å². The second-order valence-corrected chi connectivity index (χ2v) is 5.34. The minimum Gasteiger partial charge on any atom is -0.392 e. The summed E-state index contributed by atoms with van der Waals surface area (Å²) < 4.78 is 0. The molecule has 108 valence electrons. The lowest BCUT2D eigenvalue weighted by molar-refractivity contribution is 0.0946. The third-order valence-electron chi connectivity index (χ3n) is 3.45. The average Bonchev–Trinajstić information content (AvgIpc) is 2.37. The minimum absolute atomic E-state index is 0.107. The highest BCUT2D eigenvalue weighted by atomic mass is 16.3. The molecule has 0 aromatic rings. The van der Waals surface area contributed by atoms with E-state index in [1.54, 1.807) is 11.9 Å². The van der Waals surface area contributed by atoms with Crippen molar-refractivity contribution < 1.29 is 9.90 Å². The van der Waals surface area contributed by atoms with Gasteiger partial charge in [-0.1, -0.05) is 5.92 Å². The van der Waals surface area contributed by atoms with Gasteiger partial charge >= 0.3 is 6.03 Å². The molecule has 1 heterocycles. The molecule has 1 aliphatic rings. The lowest BCUT2D eigenvalue weighted by Gasteiger charge is -2.34. The first kappa shape index (κ1) is 15.8. The molecule has 0 saturated carbocycles. The van der Waals surface area contributed by atoms with E-state index in [2.05, 4.69) is 16.1 Å². The molecule has 5 nitrogen and oxygen atoms in total. The van der Waals surface area contributed by atoms with Crippen molar-refractivity contribution in [3.8, 4) is 12.3 Å². The van der Waals surface area contributed by atoms with Crippen LogP contribution in [0.4, 0.5) is 4.79 Å². The molecule has 0 spiro atoms. The summed E-state index contributed by atoms with van der Waals surface area (Å²) in [7, 11) is 1.80. The molecule has 1 aliphatic heterocycles. The van der Waals surface area contributed by atoms with Crippen molar-refractivity contribution in [1.82, 2.24) is 15.1 Å². The fraction of sp³-hybridized carbons (Fsp3) is 0.786. The smallest absolute Gasteiger partial charge is 0.317 e. The molecule has 19 heavy (non-hydrogen) atoms. The van der Waals surface area contributed by atoms with Crippen LogP contribution in [0.3, 0.4) is 0 Å². The van der Waals surface area contributed by atoms with Crippen LogP contribution in [0.25, 0.3) is 0 Å². The number of carbonyl (C=O) groups excluding carboxylic acids is 1. The Kier molecular flexibility index (Phi) is 6.68. The summed E-state index contributed by atoms with van der Waals surface area (Å²) in [4.78, 5) is 15.6. The monoisotopic (exact) mass is 267 g/mol. The van der Waals surface area contributed by atoms with Crippen LogP contribution in [-0.2, 0) is 0 Å². The Labute approximate surface area is 116 Å². The van der Waals surface area contributed by atoms with E-state index in [0.29, 0.717) is 5.92 Å². The second-order valence-electron chi connectivity index (χ2n) is 5.34. The van der Waals surface area contributed by atoms with E-state index in [1.165, 1.54) is 0 Å². The molecule has 1 fully saturated rings. The summed E-state index contributed by atoms with van der Waals surface area (Å²) in [6.45, 7) is 5.58. The summed E-state index contributed by atoms with van der Waals surface area (Å²) in [5, 5.41) is 12.0. The molecule has 0 aromatic carbocycles. The van der Waals surface area contributed by atoms with E-state index in [1.807, 2.05) is 6.92 Å². The highest BCUT2D eigenvalue weighted by molar-refractivity contribution is 5.74. The topological polar surface area (TPSA) is 55.8 Å². The highest BCUT2D eigenvalue weighted by Crippen LogP contribution is 2.18. The lowest BCUT2D eigenvalue weighted by Crippen LogP contribution is -2.44. The van der Waals surface area contributed by atoms with E-state index in [-0.39, 0.29) is 18.7 Å². The van der Waals surface area contributed by atoms with Gasteiger partial charge in [0.15, 0.2) is 0 Å². The Balaban J connectivity index is 2.25. The van der Waals surface area contributed by atoms with Crippen LogP contribution in [0.5, 0.6) is 0 Å². The zero-order chi connectivity index (χ0) is 14.3. The predicted octanol–water partition coefficient (Wildman–Crippen LogP) is 0.354. The van der Waals surface area contributed by atoms with Crippen molar-refractivity contribution in [3.05, 3.63) is 0 Å². The molecular weight excluding hydrogens is 242 g/mol. The van der Waals surface area contributed by atoms with Gasteiger partial charge in [-0.05, 0) is 38.8 Å². The Morgan fingerprint density at radius 2 is 2.21 bits per heavy atom. The Morgan fingerprint density at radius 3 is 2.74 bits per heavy atom. The van der Waals surface area contributed by atoms with Crippen molar-refractivity contribution in [2.45, 2.75) is 25.9 Å². The minimum atomic E-state index is -0.270. The van der Waals surface area contributed by atoms with E-state index in [0.717, 1.165) is 39.0 Å². The largest absolute Gasteiger partial charge is 0.392 e. The number of amides is 2. The average molecular weight is 267 g/mol. The molecule has 1 saturated heterocycles. The van der Waals surface area contributed by atoms with Crippen LogP contribution in [0, 0.1) is 18.3 Å². The van der Waals surface area contributed by atoms with Gasteiger partial charge in [-0.3, -0.25) is 0 Å². The number of aliphatic hydroxyl groups excluding tert-OH is 1. The number of hydrogen-bond acceptors (Lipinski definition) is 3. The van der Waals surface area contributed by atoms with Crippen LogP contribution < -0.4 is 5.32 Å². The number of likely N-dealkylation sites (tertiary alicyclic amines) is 1. The van der Waals surface area contributed by atoms with Crippen LogP contribution in [-0.4, -0.2) is 66.8 Å². The normalized spacial score (nSPS) is 18.6. The molecule has 0 radical (unpaired) electrons. The van der Waals surface area contributed by atoms with E-state index in [9.17, 15) is 9.90 Å². The molecule has 1 atom stereocenters. The fourth-order valence-corrected chi connectivity index (χ4v) is 2.46. The van der Waals surface area contributed by atoms with E-state index in [4.69, 9.17) is 6.42 Å². The maximum absolute atomic E-state index is 11.7. The third kappa shape index (κ3) is 5.95. The zero-order valence-corrected chi connectivity index (χ0v) is 11.9. The van der Waals surface area contributed by atoms with E-state index >= 15 is 0 Å². The molecule has 0 aromatic heterocycles. The number of piperidine rings is 1. The van der Waals surface area contributed by atoms with Crippen LogP contribution in [0.15, 0.2) is 0 Å². The van der Waals surface area contributed by atoms with Gasteiger partial charge < -0.3 is 20.2 Å². The van der Waals surface area contributed by atoms with Crippen LogP contribution >= 0.6 is 0 Å². The summed E-state index contributed by atoms with van der Waals surface area (Å²) in [5.41, 5.74) is 0. The number of β-amino-alcohol motifs (C(OH)–C–C–N with tert-alkyl or cyclic N) is 1. The first-order valence-electron chi connectivity index (χ1n) is 6.85. The number of rotatable bonds is 5. The molecule has 0 unspecified atom stereocenters. The predicted molar refractivity (Wildman–Crippen MR) is 75.7 cm³/mol. The van der Waals surface area contributed by atoms with Gasteiger partial charge in [0.2, 0.25) is 0 Å². The third-order valence-corrected chi connectivity index (χ3v) is 3.45. The van der Waals surface area contributed by atoms with Gasteiger partial charge in [-0.15, -0.1) is 6.42 Å². The number of urea groups is 1. The fourth-order valence-electron chi connectivity index (χ4n) is 2.46. The summed E-state index contributed by atoms with van der Waals surface area (Å²) in [6.07, 6.45) is 6.98. The molecule has 1 rings (SSSR count). The standard InChI is InChI=1S/C14H25N3O2/c1-4-7-15-14(19)16(3)11-13-5-8-17(9-6-13)10-12(2)18/h1,12-13,18H,5-11H2,2-3H3,(H,15,19)/t12-/m1/s1. The van der Waals surface area contributed by atoms with Gasteiger partial charge in [0.1, 0.15) is 0 Å². The van der Waals surface area contributed by atoms with Gasteiger partial charge in [0.05, 0.1) is 12.6 Å². The molecule has 5 heteroatoms. The van der Waals surface area contributed by atoms with Crippen LogP contribution in [0.1, 0.15) is 19.8 Å². The van der Waals surface area contributed by atoms with Crippen molar-refractivity contribution in [2.75, 3.05) is 39.8 Å².